The minimum Gasteiger partial charge on any atom is -0.508 e. The molecule has 3 N–H and O–H groups in total. The quantitative estimate of drug-likeness (QED) is 0.798. The molecule has 0 aromatic heterocycles. The van der Waals surface area contributed by atoms with Crippen molar-refractivity contribution in [3.63, 3.8) is 0 Å². The average molecular weight is 327 g/mol. The lowest BCUT2D eigenvalue weighted by molar-refractivity contribution is 0.143. The summed E-state index contributed by atoms with van der Waals surface area (Å²) in [4.78, 5) is 0. The summed E-state index contributed by atoms with van der Waals surface area (Å²) in [5.74, 6) is 2.22. The number of ether oxygens (including phenoxy) is 3. The first-order valence-corrected chi connectivity index (χ1v) is 8.00. The van der Waals surface area contributed by atoms with E-state index in [1.807, 2.05) is 30.3 Å². The van der Waals surface area contributed by atoms with E-state index in [0.717, 1.165) is 23.3 Å². The topological polar surface area (TPSA) is 73.9 Å². The van der Waals surface area contributed by atoms with Crippen LogP contribution in [0.3, 0.4) is 0 Å². The van der Waals surface area contributed by atoms with Crippen molar-refractivity contribution in [3.05, 3.63) is 59.7 Å². The van der Waals surface area contributed by atoms with E-state index in [4.69, 9.17) is 19.9 Å². The Morgan fingerprint density at radius 1 is 0.958 bits per heavy atom. The summed E-state index contributed by atoms with van der Waals surface area (Å²) in [5, 5.41) is 9.72. The maximum Gasteiger partial charge on any atom is 0.169 e. The zero-order valence-corrected chi connectivity index (χ0v) is 13.4. The molecular formula is C19H21NO4. The van der Waals surface area contributed by atoms with Gasteiger partial charge in [-0.2, -0.15) is 0 Å². The maximum atomic E-state index is 9.72. The summed E-state index contributed by atoms with van der Waals surface area (Å²) in [7, 11) is 0. The van der Waals surface area contributed by atoms with E-state index in [1.54, 1.807) is 18.2 Å². The Labute approximate surface area is 141 Å². The number of rotatable bonds is 6. The molecule has 0 saturated carbocycles. The van der Waals surface area contributed by atoms with Gasteiger partial charge < -0.3 is 25.1 Å². The lowest BCUT2D eigenvalue weighted by atomic mass is 10.1. The van der Waals surface area contributed by atoms with Crippen LogP contribution in [0.2, 0.25) is 0 Å². The Balaban J connectivity index is 1.93. The summed E-state index contributed by atoms with van der Waals surface area (Å²) in [6.45, 7) is 2.14. The molecule has 3 rings (SSSR count). The van der Waals surface area contributed by atoms with Crippen LogP contribution in [0.4, 0.5) is 0 Å². The third-order valence-corrected chi connectivity index (χ3v) is 3.60. The van der Waals surface area contributed by atoms with Crippen molar-refractivity contribution in [2.45, 2.75) is 6.42 Å². The van der Waals surface area contributed by atoms with Crippen LogP contribution in [0.15, 0.2) is 48.5 Å². The van der Waals surface area contributed by atoms with Gasteiger partial charge in [0.25, 0.3) is 0 Å². The molecule has 0 spiro atoms. The second kappa shape index (κ2) is 7.75. The second-order valence-corrected chi connectivity index (χ2v) is 5.42. The van der Waals surface area contributed by atoms with Crippen molar-refractivity contribution in [3.8, 4) is 11.5 Å². The van der Waals surface area contributed by atoms with E-state index in [0.29, 0.717) is 37.9 Å². The molecule has 0 fully saturated rings. The van der Waals surface area contributed by atoms with Crippen molar-refractivity contribution < 1.29 is 19.3 Å². The Morgan fingerprint density at radius 2 is 1.62 bits per heavy atom. The molecule has 0 amide bonds. The fraction of sp³-hybridized carbons (Fsp3) is 0.263. The van der Waals surface area contributed by atoms with Crippen LogP contribution in [0, 0.1) is 0 Å². The number of phenols is 1. The lowest BCUT2D eigenvalue weighted by Gasteiger charge is -2.23. The zero-order valence-electron chi connectivity index (χ0n) is 13.4. The molecule has 1 heterocycles. The van der Waals surface area contributed by atoms with Crippen molar-refractivity contribution in [2.24, 2.45) is 5.73 Å². The molecule has 5 nitrogen and oxygen atoms in total. The Kier molecular flexibility index (Phi) is 5.23. The summed E-state index contributed by atoms with van der Waals surface area (Å²) in [5.41, 5.74) is 7.14. The van der Waals surface area contributed by atoms with Crippen molar-refractivity contribution in [2.75, 3.05) is 26.4 Å². The van der Waals surface area contributed by atoms with Gasteiger partial charge in [0.05, 0.1) is 6.61 Å². The third-order valence-electron chi connectivity index (χ3n) is 3.60. The summed E-state index contributed by atoms with van der Waals surface area (Å²) < 4.78 is 17.4. The molecule has 0 bridgehead atoms. The average Bonchev–Trinajstić information content (AvgIpc) is 2.62. The number of aromatic hydroxyl groups is 1. The van der Waals surface area contributed by atoms with Gasteiger partial charge in [0.1, 0.15) is 24.7 Å². The predicted octanol–water partition coefficient (Wildman–Crippen LogP) is 2.99. The Morgan fingerprint density at radius 3 is 2.29 bits per heavy atom. The number of benzene rings is 2. The summed E-state index contributed by atoms with van der Waals surface area (Å²) in [6, 6.07) is 14.6. The minimum atomic E-state index is 0.187. The second-order valence-electron chi connectivity index (χ2n) is 5.42. The first-order chi connectivity index (χ1) is 11.8. The van der Waals surface area contributed by atoms with Crippen LogP contribution in [-0.4, -0.2) is 31.5 Å². The number of nitrogens with two attached hydrogens (primary N) is 1. The molecule has 0 atom stereocenters. The fourth-order valence-electron chi connectivity index (χ4n) is 2.50. The molecule has 0 unspecified atom stereocenters. The van der Waals surface area contributed by atoms with Crippen LogP contribution in [0.5, 0.6) is 11.5 Å². The first-order valence-electron chi connectivity index (χ1n) is 8.00. The molecule has 1 aliphatic rings. The molecule has 1 aliphatic heterocycles. The van der Waals surface area contributed by atoms with Crippen molar-refractivity contribution >= 4 is 11.5 Å². The van der Waals surface area contributed by atoms with Crippen LogP contribution in [-0.2, 0) is 9.47 Å². The van der Waals surface area contributed by atoms with Gasteiger partial charge in [-0.1, -0.05) is 24.3 Å². The van der Waals surface area contributed by atoms with Gasteiger partial charge in [-0.15, -0.1) is 0 Å². The largest absolute Gasteiger partial charge is 0.508 e. The highest BCUT2D eigenvalue weighted by Crippen LogP contribution is 2.33. The van der Waals surface area contributed by atoms with Gasteiger partial charge in [0.2, 0.25) is 0 Å². The molecule has 126 valence electrons. The standard InChI is InChI=1S/C19H21NO4/c20-8-3-9-22-17-7-2-5-15(13-17)19-18(23-10-11-24-19)14-4-1-6-16(21)12-14/h1-2,4-7,12-13,21H,3,8-11,20H2. The van der Waals surface area contributed by atoms with E-state index in [1.165, 1.54) is 0 Å². The van der Waals surface area contributed by atoms with Gasteiger partial charge >= 0.3 is 0 Å². The Bertz CT molecular complexity index is 727. The predicted molar refractivity (Wildman–Crippen MR) is 92.4 cm³/mol. The van der Waals surface area contributed by atoms with E-state index >= 15 is 0 Å². The molecule has 2 aromatic carbocycles. The fourth-order valence-corrected chi connectivity index (χ4v) is 2.50. The van der Waals surface area contributed by atoms with Gasteiger partial charge in [-0.25, -0.2) is 0 Å². The van der Waals surface area contributed by atoms with Crippen LogP contribution >= 0.6 is 0 Å². The highest BCUT2D eigenvalue weighted by molar-refractivity contribution is 5.85. The molecular weight excluding hydrogens is 306 g/mol. The smallest absolute Gasteiger partial charge is 0.169 e. The number of phenolic OH excluding ortho intramolecular Hbond substituents is 1. The molecule has 24 heavy (non-hydrogen) atoms. The SMILES string of the molecule is NCCCOc1cccc(C2=C(c3cccc(O)c3)OCCO2)c1. The minimum absolute atomic E-state index is 0.187. The number of hydrogen-bond donors (Lipinski definition) is 2. The van der Waals surface area contributed by atoms with E-state index in [2.05, 4.69) is 0 Å². The Hall–Kier alpha value is -2.66. The van der Waals surface area contributed by atoms with Crippen LogP contribution < -0.4 is 10.5 Å². The van der Waals surface area contributed by atoms with Gasteiger partial charge in [-0.3, -0.25) is 0 Å². The zero-order chi connectivity index (χ0) is 16.8. The van der Waals surface area contributed by atoms with E-state index in [-0.39, 0.29) is 5.75 Å². The third kappa shape index (κ3) is 3.81. The van der Waals surface area contributed by atoms with Crippen molar-refractivity contribution in [1.82, 2.24) is 0 Å². The van der Waals surface area contributed by atoms with Crippen LogP contribution in [0.1, 0.15) is 17.5 Å². The highest BCUT2D eigenvalue weighted by Gasteiger charge is 2.20. The maximum absolute atomic E-state index is 9.72. The molecule has 0 radical (unpaired) electrons. The molecule has 0 aliphatic carbocycles. The number of hydrogen-bond acceptors (Lipinski definition) is 5. The van der Waals surface area contributed by atoms with Gasteiger partial charge in [0, 0.05) is 11.1 Å². The van der Waals surface area contributed by atoms with Gasteiger partial charge in [0.15, 0.2) is 11.5 Å². The molecule has 2 aromatic rings. The van der Waals surface area contributed by atoms with E-state index < -0.39 is 0 Å². The summed E-state index contributed by atoms with van der Waals surface area (Å²) in [6.07, 6.45) is 0.807. The van der Waals surface area contributed by atoms with E-state index in [9.17, 15) is 5.11 Å². The first kappa shape index (κ1) is 16.2. The highest BCUT2D eigenvalue weighted by atomic mass is 16.6. The molecule has 0 saturated heterocycles. The van der Waals surface area contributed by atoms with Crippen LogP contribution in [0.25, 0.3) is 11.5 Å². The lowest BCUT2D eigenvalue weighted by Crippen LogP contribution is -2.13. The molecule has 5 heteroatoms. The van der Waals surface area contributed by atoms with Gasteiger partial charge in [-0.05, 0) is 37.2 Å². The van der Waals surface area contributed by atoms with Crippen molar-refractivity contribution in [1.29, 1.82) is 0 Å². The summed E-state index contributed by atoms with van der Waals surface area (Å²) >= 11 is 0. The normalized spacial score (nSPS) is 14.0. The monoisotopic (exact) mass is 327 g/mol.